The van der Waals surface area contributed by atoms with Crippen LogP contribution in [0.15, 0.2) is 42.5 Å². The van der Waals surface area contributed by atoms with Crippen molar-refractivity contribution < 1.29 is 14.6 Å². The van der Waals surface area contributed by atoms with E-state index >= 15 is 0 Å². The van der Waals surface area contributed by atoms with E-state index in [0.29, 0.717) is 17.5 Å². The number of benzene rings is 2. The maximum Gasteiger partial charge on any atom is 0.293 e. The van der Waals surface area contributed by atoms with Crippen LogP contribution in [-0.2, 0) is 6.54 Å². The van der Waals surface area contributed by atoms with E-state index in [0.717, 1.165) is 32.7 Å². The summed E-state index contributed by atoms with van der Waals surface area (Å²) in [5, 5.41) is 11.3. The predicted molar refractivity (Wildman–Crippen MR) is 96.3 cm³/mol. The van der Waals surface area contributed by atoms with Gasteiger partial charge in [0, 0.05) is 17.2 Å². The number of rotatable bonds is 5. The second-order valence-corrected chi connectivity index (χ2v) is 6.46. The lowest BCUT2D eigenvalue weighted by Gasteiger charge is -2.33. The van der Waals surface area contributed by atoms with Crippen LogP contribution in [-0.4, -0.2) is 37.4 Å². The van der Waals surface area contributed by atoms with Crippen LogP contribution in [0.1, 0.15) is 21.5 Å². The topological polar surface area (TPSA) is 67.9 Å². The van der Waals surface area contributed by atoms with Crippen LogP contribution < -0.4 is 9.80 Å². The van der Waals surface area contributed by atoms with E-state index in [-0.39, 0.29) is 5.69 Å². The van der Waals surface area contributed by atoms with Gasteiger partial charge in [0.15, 0.2) is 0 Å². The lowest BCUT2D eigenvalue weighted by atomic mass is 10.1. The van der Waals surface area contributed by atoms with Gasteiger partial charge in [-0.2, -0.15) is 0 Å². The van der Waals surface area contributed by atoms with E-state index in [2.05, 4.69) is 25.1 Å². The van der Waals surface area contributed by atoms with E-state index in [1.807, 2.05) is 11.0 Å². The summed E-state index contributed by atoms with van der Waals surface area (Å²) in [5.41, 5.74) is 3.60. The molecule has 0 saturated carbocycles. The zero-order valence-corrected chi connectivity index (χ0v) is 14.3. The molecule has 1 aliphatic rings. The predicted octanol–water partition coefficient (Wildman–Crippen LogP) is 1.62. The highest BCUT2D eigenvalue weighted by molar-refractivity contribution is 5.79. The monoisotopic (exact) mass is 340 g/mol. The van der Waals surface area contributed by atoms with Gasteiger partial charge in [-0.3, -0.25) is 14.9 Å². The Labute approximate surface area is 146 Å². The van der Waals surface area contributed by atoms with Gasteiger partial charge in [0.25, 0.3) is 5.69 Å². The van der Waals surface area contributed by atoms with Crippen molar-refractivity contribution in [3.8, 4) is 0 Å². The second-order valence-electron chi connectivity index (χ2n) is 6.46. The zero-order chi connectivity index (χ0) is 17.8. The molecular formula is C19H22N3O3+. The lowest BCUT2D eigenvalue weighted by Crippen LogP contribution is -3.13. The molecular weight excluding hydrogens is 318 g/mol. The molecule has 0 aromatic heterocycles. The molecule has 25 heavy (non-hydrogen) atoms. The smallest absolute Gasteiger partial charge is 0.293 e. The fourth-order valence-corrected chi connectivity index (χ4v) is 3.35. The molecule has 6 heteroatoms. The van der Waals surface area contributed by atoms with Gasteiger partial charge in [0.05, 0.1) is 31.1 Å². The molecule has 0 amide bonds. The number of hydrogen-bond acceptors (Lipinski definition) is 4. The van der Waals surface area contributed by atoms with Crippen LogP contribution >= 0.6 is 0 Å². The minimum atomic E-state index is -0.408. The van der Waals surface area contributed by atoms with Crippen molar-refractivity contribution in [3.63, 3.8) is 0 Å². The fraction of sp³-hybridized carbons (Fsp3) is 0.316. The number of nitrogens with zero attached hydrogens (tertiary/aromatic N) is 2. The van der Waals surface area contributed by atoms with Crippen molar-refractivity contribution in [1.29, 1.82) is 0 Å². The summed E-state index contributed by atoms with van der Waals surface area (Å²) in [4.78, 5) is 25.3. The molecule has 6 nitrogen and oxygen atoms in total. The number of carbonyl (C=O) groups is 1. The van der Waals surface area contributed by atoms with Crippen LogP contribution in [0, 0.1) is 17.0 Å². The summed E-state index contributed by atoms with van der Waals surface area (Å²) in [5.74, 6) is 0. The van der Waals surface area contributed by atoms with Gasteiger partial charge in [-0.05, 0) is 24.6 Å². The molecule has 1 saturated heterocycles. The minimum Gasteiger partial charge on any atom is -0.355 e. The third-order valence-electron chi connectivity index (χ3n) is 4.85. The first-order valence-corrected chi connectivity index (χ1v) is 8.45. The molecule has 0 bridgehead atoms. The molecule has 1 aliphatic heterocycles. The Hall–Kier alpha value is -2.73. The largest absolute Gasteiger partial charge is 0.355 e. The van der Waals surface area contributed by atoms with Crippen LogP contribution in [0.2, 0.25) is 0 Å². The van der Waals surface area contributed by atoms with Gasteiger partial charge in [-0.25, -0.2) is 0 Å². The number of nitrogens with one attached hydrogen (secondary N) is 1. The molecule has 1 N–H and O–H groups in total. The Morgan fingerprint density at radius 2 is 1.92 bits per heavy atom. The third-order valence-corrected chi connectivity index (χ3v) is 4.85. The molecule has 0 radical (unpaired) electrons. The number of nitro groups is 1. The van der Waals surface area contributed by atoms with Gasteiger partial charge in [-0.15, -0.1) is 0 Å². The van der Waals surface area contributed by atoms with E-state index in [9.17, 15) is 14.9 Å². The van der Waals surface area contributed by atoms with Gasteiger partial charge < -0.3 is 9.80 Å². The number of nitro benzene ring substituents is 1. The van der Waals surface area contributed by atoms with Gasteiger partial charge in [0.1, 0.15) is 18.5 Å². The van der Waals surface area contributed by atoms with E-state index in [1.165, 1.54) is 22.1 Å². The summed E-state index contributed by atoms with van der Waals surface area (Å²) < 4.78 is 0. The fourth-order valence-electron chi connectivity index (χ4n) is 3.35. The molecule has 0 spiro atoms. The lowest BCUT2D eigenvalue weighted by molar-refractivity contribution is -0.914. The summed E-state index contributed by atoms with van der Waals surface area (Å²) in [6.45, 7) is 6.50. The highest BCUT2D eigenvalue weighted by Crippen LogP contribution is 2.28. The van der Waals surface area contributed by atoms with Crippen molar-refractivity contribution >= 4 is 17.7 Å². The van der Waals surface area contributed by atoms with Crippen molar-refractivity contribution in [2.45, 2.75) is 13.5 Å². The summed E-state index contributed by atoms with van der Waals surface area (Å²) >= 11 is 0. The normalized spacial score (nSPS) is 15.2. The molecule has 3 rings (SSSR count). The number of hydrogen-bond donors (Lipinski definition) is 1. The maximum atomic E-state index is 11.3. The van der Waals surface area contributed by atoms with Gasteiger partial charge >= 0.3 is 0 Å². The molecule has 2 aromatic carbocycles. The van der Waals surface area contributed by atoms with E-state index < -0.39 is 4.92 Å². The number of aldehydes is 1. The Balaban J connectivity index is 1.69. The average Bonchev–Trinajstić information content (AvgIpc) is 2.64. The summed E-state index contributed by atoms with van der Waals surface area (Å²) in [7, 11) is 0. The van der Waals surface area contributed by atoms with Crippen molar-refractivity contribution in [2.24, 2.45) is 0 Å². The number of anilines is 1. The summed E-state index contributed by atoms with van der Waals surface area (Å²) in [6, 6.07) is 13.1. The third kappa shape index (κ3) is 3.85. The van der Waals surface area contributed by atoms with Gasteiger partial charge in [0.2, 0.25) is 0 Å². The Morgan fingerprint density at radius 3 is 2.56 bits per heavy atom. The second kappa shape index (κ2) is 7.44. The molecule has 1 heterocycles. The van der Waals surface area contributed by atoms with Crippen LogP contribution in [0.5, 0.6) is 0 Å². The maximum absolute atomic E-state index is 11.3. The first kappa shape index (κ1) is 17.1. The van der Waals surface area contributed by atoms with E-state index in [4.69, 9.17) is 0 Å². The average molecular weight is 340 g/mol. The van der Waals surface area contributed by atoms with Crippen LogP contribution in [0.4, 0.5) is 11.4 Å². The quantitative estimate of drug-likeness (QED) is 0.510. The van der Waals surface area contributed by atoms with Crippen molar-refractivity contribution in [1.82, 2.24) is 0 Å². The Morgan fingerprint density at radius 1 is 1.20 bits per heavy atom. The van der Waals surface area contributed by atoms with Gasteiger partial charge in [-0.1, -0.05) is 24.3 Å². The highest BCUT2D eigenvalue weighted by atomic mass is 16.6. The Bertz CT molecular complexity index is 783. The molecule has 2 aromatic rings. The molecule has 130 valence electrons. The number of aryl methyl sites for hydroxylation is 1. The highest BCUT2D eigenvalue weighted by Gasteiger charge is 2.26. The molecule has 1 fully saturated rings. The SMILES string of the molecule is Cc1ccccc1C[NH+]1CCN(c2ccc(C=O)cc2[N+](=O)[O-])CC1. The molecule has 0 unspecified atom stereocenters. The summed E-state index contributed by atoms with van der Waals surface area (Å²) in [6.07, 6.45) is 0.640. The zero-order valence-electron chi connectivity index (χ0n) is 14.3. The first-order chi connectivity index (χ1) is 12.1. The van der Waals surface area contributed by atoms with Crippen LogP contribution in [0.25, 0.3) is 0 Å². The van der Waals surface area contributed by atoms with Crippen molar-refractivity contribution in [3.05, 3.63) is 69.3 Å². The Kier molecular flexibility index (Phi) is 5.09. The number of carbonyl (C=O) groups excluding carboxylic acids is 1. The number of quaternary nitrogens is 1. The van der Waals surface area contributed by atoms with Crippen LogP contribution in [0.3, 0.4) is 0 Å². The molecule has 0 aliphatic carbocycles. The van der Waals surface area contributed by atoms with Crippen molar-refractivity contribution in [2.75, 3.05) is 31.1 Å². The standard InChI is InChI=1S/C19H21N3O3/c1-15-4-2-3-5-17(15)13-20-8-10-21(11-9-20)18-7-6-16(14-23)12-19(18)22(24)25/h2-7,12,14H,8-11,13H2,1H3/p+1. The molecule has 0 atom stereocenters. The first-order valence-electron chi connectivity index (χ1n) is 8.45. The van der Waals surface area contributed by atoms with E-state index in [1.54, 1.807) is 12.1 Å². The minimum absolute atomic E-state index is 0.00644. The number of piperazine rings is 1.